The maximum absolute atomic E-state index is 11.3. The molecule has 0 fully saturated rings. The first-order valence-electron chi connectivity index (χ1n) is 6.14. The Bertz CT molecular complexity index is 209. The summed E-state index contributed by atoms with van der Waals surface area (Å²) in [6.45, 7) is 5.86. The van der Waals surface area contributed by atoms with Gasteiger partial charge in [-0.1, -0.05) is 32.6 Å². The molecule has 0 spiro atoms. The molecule has 0 saturated carbocycles. The van der Waals surface area contributed by atoms with Crippen molar-refractivity contribution in [3.8, 4) is 0 Å². The topological polar surface area (TPSA) is 43.4 Å². The molecule has 3 nitrogen and oxygen atoms in total. The van der Waals surface area contributed by atoms with Crippen LogP contribution in [0.4, 0.5) is 0 Å². The number of ether oxygens (including phenoxy) is 1. The summed E-state index contributed by atoms with van der Waals surface area (Å²) in [6.07, 6.45) is 6.88. The van der Waals surface area contributed by atoms with Gasteiger partial charge in [-0.15, -0.1) is 0 Å². The molecular weight excluding hydrogens is 204 g/mol. The van der Waals surface area contributed by atoms with Crippen LogP contribution in [0.1, 0.15) is 59.3 Å². The van der Waals surface area contributed by atoms with Crippen LogP contribution < -0.4 is 0 Å². The quantitative estimate of drug-likeness (QED) is 0.346. The van der Waals surface area contributed by atoms with Crippen LogP contribution >= 0.6 is 0 Å². The van der Waals surface area contributed by atoms with Gasteiger partial charge in [0.2, 0.25) is 0 Å². The SMILES string of the molecule is CCCCCCCC(=O)OCC(C)(C)C=O. The fourth-order valence-electron chi connectivity index (χ4n) is 1.25. The zero-order chi connectivity index (χ0) is 12.4. The van der Waals surface area contributed by atoms with Crippen LogP contribution in [0.5, 0.6) is 0 Å². The van der Waals surface area contributed by atoms with E-state index in [0.29, 0.717) is 6.42 Å². The molecular formula is C13H24O3. The van der Waals surface area contributed by atoms with Crippen molar-refractivity contribution in [3.05, 3.63) is 0 Å². The second-order valence-electron chi connectivity index (χ2n) is 4.93. The molecule has 0 bridgehead atoms. The summed E-state index contributed by atoms with van der Waals surface area (Å²) in [4.78, 5) is 21.9. The first-order chi connectivity index (χ1) is 7.52. The normalized spacial score (nSPS) is 11.2. The number of hydrogen-bond donors (Lipinski definition) is 0. The monoisotopic (exact) mass is 228 g/mol. The van der Waals surface area contributed by atoms with E-state index in [1.807, 2.05) is 0 Å². The molecule has 0 radical (unpaired) electrons. The van der Waals surface area contributed by atoms with Gasteiger partial charge in [0.1, 0.15) is 12.9 Å². The summed E-state index contributed by atoms with van der Waals surface area (Å²) in [6, 6.07) is 0. The fraction of sp³-hybridized carbons (Fsp3) is 0.846. The van der Waals surface area contributed by atoms with Crippen LogP contribution in [0.15, 0.2) is 0 Å². The predicted octanol–water partition coefficient (Wildman–Crippen LogP) is 3.12. The smallest absolute Gasteiger partial charge is 0.305 e. The summed E-state index contributed by atoms with van der Waals surface area (Å²) < 4.78 is 5.03. The number of esters is 1. The van der Waals surface area contributed by atoms with Crippen molar-refractivity contribution < 1.29 is 14.3 Å². The van der Waals surface area contributed by atoms with Gasteiger partial charge in [0.15, 0.2) is 0 Å². The molecule has 0 aromatic heterocycles. The number of hydrogen-bond acceptors (Lipinski definition) is 3. The lowest BCUT2D eigenvalue weighted by atomic mass is 9.98. The van der Waals surface area contributed by atoms with E-state index in [1.54, 1.807) is 13.8 Å². The molecule has 0 saturated heterocycles. The average molecular weight is 228 g/mol. The average Bonchev–Trinajstić information content (AvgIpc) is 2.26. The lowest BCUT2D eigenvalue weighted by Crippen LogP contribution is -2.23. The molecule has 0 N–H and O–H groups in total. The van der Waals surface area contributed by atoms with Gasteiger partial charge in [0, 0.05) is 6.42 Å². The van der Waals surface area contributed by atoms with Crippen molar-refractivity contribution in [3.63, 3.8) is 0 Å². The Hall–Kier alpha value is -0.860. The van der Waals surface area contributed by atoms with Crippen LogP contribution in [0.2, 0.25) is 0 Å². The zero-order valence-corrected chi connectivity index (χ0v) is 10.8. The van der Waals surface area contributed by atoms with Gasteiger partial charge in [-0.25, -0.2) is 0 Å². The Kier molecular flexibility index (Phi) is 7.86. The van der Waals surface area contributed by atoms with E-state index in [4.69, 9.17) is 4.74 Å². The van der Waals surface area contributed by atoms with Gasteiger partial charge >= 0.3 is 5.97 Å². The van der Waals surface area contributed by atoms with E-state index in [1.165, 1.54) is 19.3 Å². The molecule has 0 aromatic carbocycles. The molecule has 0 aromatic rings. The highest BCUT2D eigenvalue weighted by molar-refractivity contribution is 5.70. The lowest BCUT2D eigenvalue weighted by molar-refractivity contribution is -0.147. The molecule has 0 amide bonds. The summed E-state index contributed by atoms with van der Waals surface area (Å²) in [5.74, 6) is -0.188. The lowest BCUT2D eigenvalue weighted by Gasteiger charge is -2.16. The fourth-order valence-corrected chi connectivity index (χ4v) is 1.25. The van der Waals surface area contributed by atoms with Gasteiger partial charge in [0.05, 0.1) is 5.41 Å². The Balaban J connectivity index is 3.48. The van der Waals surface area contributed by atoms with Crippen LogP contribution in [-0.4, -0.2) is 18.9 Å². The summed E-state index contributed by atoms with van der Waals surface area (Å²) in [7, 11) is 0. The highest BCUT2D eigenvalue weighted by Gasteiger charge is 2.18. The van der Waals surface area contributed by atoms with E-state index in [9.17, 15) is 9.59 Å². The van der Waals surface area contributed by atoms with Gasteiger partial charge < -0.3 is 9.53 Å². The van der Waals surface area contributed by atoms with Gasteiger partial charge in [-0.3, -0.25) is 4.79 Å². The summed E-state index contributed by atoms with van der Waals surface area (Å²) >= 11 is 0. The number of unbranched alkanes of at least 4 members (excludes halogenated alkanes) is 4. The minimum absolute atomic E-state index is 0.185. The maximum atomic E-state index is 11.3. The van der Waals surface area contributed by atoms with Gasteiger partial charge in [0.25, 0.3) is 0 Å². The highest BCUT2D eigenvalue weighted by Crippen LogP contribution is 2.12. The van der Waals surface area contributed by atoms with Crippen LogP contribution in [-0.2, 0) is 14.3 Å². The third kappa shape index (κ3) is 8.45. The van der Waals surface area contributed by atoms with E-state index in [2.05, 4.69) is 6.92 Å². The third-order valence-corrected chi connectivity index (χ3v) is 2.41. The molecule has 0 aliphatic rings. The molecule has 0 aliphatic heterocycles. The zero-order valence-electron chi connectivity index (χ0n) is 10.8. The molecule has 0 unspecified atom stereocenters. The van der Waals surface area contributed by atoms with Crippen molar-refractivity contribution in [2.24, 2.45) is 5.41 Å². The Morgan fingerprint density at radius 2 is 1.81 bits per heavy atom. The van der Waals surface area contributed by atoms with Crippen LogP contribution in [0.25, 0.3) is 0 Å². The molecule has 3 heteroatoms. The van der Waals surface area contributed by atoms with Crippen molar-refractivity contribution in [1.29, 1.82) is 0 Å². The minimum Gasteiger partial charge on any atom is -0.465 e. The molecule has 0 aliphatic carbocycles. The standard InChI is InChI=1S/C13H24O3/c1-4-5-6-7-8-9-12(15)16-11-13(2,3)10-14/h10H,4-9,11H2,1-3H3. The minimum atomic E-state index is -0.558. The maximum Gasteiger partial charge on any atom is 0.305 e. The Morgan fingerprint density at radius 1 is 1.19 bits per heavy atom. The Labute approximate surface area is 98.6 Å². The van der Waals surface area contributed by atoms with E-state index in [-0.39, 0.29) is 12.6 Å². The largest absolute Gasteiger partial charge is 0.465 e. The number of carbonyl (C=O) groups excluding carboxylic acids is 2. The number of rotatable bonds is 9. The second kappa shape index (κ2) is 8.31. The third-order valence-electron chi connectivity index (χ3n) is 2.41. The van der Waals surface area contributed by atoms with Crippen molar-refractivity contribution in [2.45, 2.75) is 59.3 Å². The van der Waals surface area contributed by atoms with E-state index in [0.717, 1.165) is 19.1 Å². The molecule has 16 heavy (non-hydrogen) atoms. The van der Waals surface area contributed by atoms with Crippen molar-refractivity contribution in [1.82, 2.24) is 0 Å². The summed E-state index contributed by atoms with van der Waals surface area (Å²) in [5.41, 5.74) is -0.558. The highest BCUT2D eigenvalue weighted by atomic mass is 16.5. The number of aldehydes is 1. The summed E-state index contributed by atoms with van der Waals surface area (Å²) in [5, 5.41) is 0. The van der Waals surface area contributed by atoms with E-state index >= 15 is 0 Å². The van der Waals surface area contributed by atoms with Gasteiger partial charge in [-0.2, -0.15) is 0 Å². The van der Waals surface area contributed by atoms with Crippen molar-refractivity contribution >= 4 is 12.3 Å². The first kappa shape index (κ1) is 15.1. The molecule has 0 heterocycles. The Morgan fingerprint density at radius 3 is 2.38 bits per heavy atom. The first-order valence-corrected chi connectivity index (χ1v) is 6.14. The van der Waals surface area contributed by atoms with Crippen molar-refractivity contribution in [2.75, 3.05) is 6.61 Å². The second-order valence-corrected chi connectivity index (χ2v) is 4.93. The van der Waals surface area contributed by atoms with E-state index < -0.39 is 5.41 Å². The molecule has 94 valence electrons. The molecule has 0 atom stereocenters. The van der Waals surface area contributed by atoms with Crippen LogP contribution in [0.3, 0.4) is 0 Å². The number of carbonyl (C=O) groups is 2. The molecule has 0 rings (SSSR count). The van der Waals surface area contributed by atoms with Crippen LogP contribution in [0, 0.1) is 5.41 Å². The van der Waals surface area contributed by atoms with Gasteiger partial charge in [-0.05, 0) is 20.3 Å². The predicted molar refractivity (Wildman–Crippen MR) is 64.2 cm³/mol.